The zero-order chi connectivity index (χ0) is 17.3. The third-order valence-electron chi connectivity index (χ3n) is 3.62. The average molecular weight is 432 g/mol. The van der Waals surface area contributed by atoms with E-state index in [2.05, 4.69) is 27.9 Å². The first-order valence-electron chi connectivity index (χ1n) is 7.20. The van der Waals surface area contributed by atoms with Crippen LogP contribution in [0.3, 0.4) is 0 Å². The minimum absolute atomic E-state index is 0.0696. The molecule has 0 aromatic heterocycles. The Morgan fingerprint density at radius 2 is 1.79 bits per heavy atom. The number of nitrogens with one attached hydrogen (secondary N) is 1. The van der Waals surface area contributed by atoms with Gasteiger partial charge in [-0.1, -0.05) is 30.3 Å². The largest absolute Gasteiger partial charge is 0.335 e. The topological polar surface area (TPSA) is 66.5 Å². The van der Waals surface area contributed by atoms with Crippen molar-refractivity contribution in [2.45, 2.75) is 6.92 Å². The van der Waals surface area contributed by atoms with Gasteiger partial charge in [0, 0.05) is 3.57 Å². The minimum Gasteiger partial charge on any atom is -0.273 e. The predicted molar refractivity (Wildman–Crippen MR) is 99.3 cm³/mol. The number of aryl methyl sites for hydroxylation is 1. The second-order valence-corrected chi connectivity index (χ2v) is 6.54. The summed E-state index contributed by atoms with van der Waals surface area (Å²) in [6.45, 7) is 1.80. The van der Waals surface area contributed by atoms with Gasteiger partial charge >= 0.3 is 6.03 Å². The molecule has 0 aliphatic carbocycles. The predicted octanol–water partition coefficient (Wildman–Crippen LogP) is 3.27. The molecule has 3 rings (SSSR count). The third kappa shape index (κ3) is 3.09. The molecular formula is C18H13IN2O3. The van der Waals surface area contributed by atoms with Crippen LogP contribution < -0.4 is 10.2 Å². The number of carbonyl (C=O) groups is 3. The number of benzene rings is 2. The van der Waals surface area contributed by atoms with Crippen LogP contribution in [0.25, 0.3) is 6.08 Å². The van der Waals surface area contributed by atoms with Gasteiger partial charge in [-0.05, 0) is 64.9 Å². The zero-order valence-electron chi connectivity index (χ0n) is 12.7. The summed E-state index contributed by atoms with van der Waals surface area (Å²) in [6.07, 6.45) is 1.50. The van der Waals surface area contributed by atoms with Crippen LogP contribution in [0.2, 0.25) is 0 Å². The molecule has 0 spiro atoms. The highest BCUT2D eigenvalue weighted by atomic mass is 127. The Labute approximate surface area is 152 Å². The van der Waals surface area contributed by atoms with Crippen molar-refractivity contribution in [3.05, 3.63) is 68.8 Å². The monoisotopic (exact) mass is 432 g/mol. The number of amides is 4. The van der Waals surface area contributed by atoms with Crippen LogP contribution in [0, 0.1) is 10.5 Å². The summed E-state index contributed by atoms with van der Waals surface area (Å²) in [5.41, 5.74) is 1.88. The van der Waals surface area contributed by atoms with Crippen molar-refractivity contribution in [2.75, 3.05) is 4.90 Å². The van der Waals surface area contributed by atoms with Gasteiger partial charge in [-0.25, -0.2) is 9.69 Å². The van der Waals surface area contributed by atoms with Gasteiger partial charge in [0.25, 0.3) is 11.8 Å². The number of barbiturate groups is 1. The van der Waals surface area contributed by atoms with E-state index < -0.39 is 17.8 Å². The maximum atomic E-state index is 12.8. The lowest BCUT2D eigenvalue weighted by Gasteiger charge is -2.27. The second kappa shape index (κ2) is 6.56. The van der Waals surface area contributed by atoms with Crippen LogP contribution >= 0.6 is 22.6 Å². The second-order valence-electron chi connectivity index (χ2n) is 5.30. The lowest BCUT2D eigenvalue weighted by atomic mass is 10.1. The molecule has 2 aromatic rings. The molecule has 0 radical (unpaired) electrons. The number of hydrogen-bond donors (Lipinski definition) is 1. The SMILES string of the molecule is Cc1ccccc1N1C(=O)NC(=O)/C(=C\c2cccc(I)c2)C1=O. The Morgan fingerprint density at radius 3 is 2.50 bits per heavy atom. The lowest BCUT2D eigenvalue weighted by Crippen LogP contribution is -2.54. The number of halogens is 1. The molecule has 4 amide bonds. The summed E-state index contributed by atoms with van der Waals surface area (Å²) >= 11 is 2.15. The highest BCUT2D eigenvalue weighted by Crippen LogP contribution is 2.25. The van der Waals surface area contributed by atoms with E-state index >= 15 is 0 Å². The summed E-state index contributed by atoms with van der Waals surface area (Å²) < 4.78 is 0.984. The average Bonchev–Trinajstić information content (AvgIpc) is 2.53. The Morgan fingerprint density at radius 1 is 1.04 bits per heavy atom. The number of urea groups is 1. The Hall–Kier alpha value is -2.48. The fourth-order valence-electron chi connectivity index (χ4n) is 2.45. The number of para-hydroxylation sites is 1. The molecule has 1 aliphatic rings. The van der Waals surface area contributed by atoms with Gasteiger partial charge < -0.3 is 0 Å². The van der Waals surface area contributed by atoms with Crippen LogP contribution in [0.15, 0.2) is 54.1 Å². The minimum atomic E-state index is -0.737. The van der Waals surface area contributed by atoms with Crippen molar-refractivity contribution in [1.29, 1.82) is 0 Å². The van der Waals surface area contributed by atoms with Crippen LogP contribution in [-0.4, -0.2) is 17.8 Å². The van der Waals surface area contributed by atoms with Crippen LogP contribution in [0.1, 0.15) is 11.1 Å². The lowest BCUT2D eigenvalue weighted by molar-refractivity contribution is -0.122. The van der Waals surface area contributed by atoms with Gasteiger partial charge in [0.15, 0.2) is 0 Å². The van der Waals surface area contributed by atoms with Crippen LogP contribution in [0.5, 0.6) is 0 Å². The Kier molecular flexibility index (Phi) is 4.48. The number of hydrogen-bond acceptors (Lipinski definition) is 3. The van der Waals surface area contributed by atoms with Crippen molar-refractivity contribution >= 4 is 52.2 Å². The maximum Gasteiger partial charge on any atom is 0.335 e. The molecule has 0 atom stereocenters. The van der Waals surface area contributed by atoms with Gasteiger partial charge in [0.2, 0.25) is 0 Å². The van der Waals surface area contributed by atoms with E-state index in [0.717, 1.165) is 19.6 Å². The van der Waals surface area contributed by atoms with E-state index in [1.165, 1.54) is 6.08 Å². The molecule has 1 N–H and O–H groups in total. The van der Waals surface area contributed by atoms with Crippen molar-refractivity contribution < 1.29 is 14.4 Å². The van der Waals surface area contributed by atoms with Gasteiger partial charge in [-0.3, -0.25) is 14.9 Å². The summed E-state index contributed by atoms with van der Waals surface area (Å²) in [5, 5.41) is 2.23. The molecule has 1 heterocycles. The van der Waals surface area contributed by atoms with E-state index in [4.69, 9.17) is 0 Å². The number of carbonyl (C=O) groups excluding carboxylic acids is 3. The first kappa shape index (κ1) is 16.4. The summed E-state index contributed by atoms with van der Waals surface area (Å²) in [4.78, 5) is 38.0. The summed E-state index contributed by atoms with van der Waals surface area (Å²) in [5.74, 6) is -1.31. The summed E-state index contributed by atoms with van der Waals surface area (Å²) in [6, 6.07) is 13.7. The quantitative estimate of drug-likeness (QED) is 0.450. The molecule has 1 aliphatic heterocycles. The van der Waals surface area contributed by atoms with Gasteiger partial charge in [-0.2, -0.15) is 0 Å². The number of rotatable bonds is 2. The molecule has 1 saturated heterocycles. The molecular weight excluding hydrogens is 419 g/mol. The van der Waals surface area contributed by atoms with E-state index in [0.29, 0.717) is 5.69 Å². The molecule has 0 saturated carbocycles. The third-order valence-corrected chi connectivity index (χ3v) is 4.29. The van der Waals surface area contributed by atoms with Crippen molar-refractivity contribution in [3.63, 3.8) is 0 Å². The van der Waals surface area contributed by atoms with E-state index in [9.17, 15) is 14.4 Å². The number of anilines is 1. The summed E-state index contributed by atoms with van der Waals surface area (Å²) in [7, 11) is 0. The van der Waals surface area contributed by atoms with Gasteiger partial charge in [0.1, 0.15) is 5.57 Å². The fourth-order valence-corrected chi connectivity index (χ4v) is 3.02. The molecule has 2 aromatic carbocycles. The standard InChI is InChI=1S/C18H13IN2O3/c1-11-5-2-3-8-15(11)21-17(23)14(16(22)20-18(21)24)10-12-6-4-7-13(19)9-12/h2-10H,1H3,(H,20,22,24)/b14-10+. The van der Waals surface area contributed by atoms with Crippen LogP contribution in [-0.2, 0) is 9.59 Å². The number of imide groups is 2. The first-order chi connectivity index (χ1) is 11.5. The normalized spacial score (nSPS) is 16.5. The van der Waals surface area contributed by atoms with Crippen molar-refractivity contribution in [1.82, 2.24) is 5.32 Å². The highest BCUT2D eigenvalue weighted by molar-refractivity contribution is 14.1. The molecule has 6 heteroatoms. The van der Waals surface area contributed by atoms with Gasteiger partial charge in [0.05, 0.1) is 5.69 Å². The smallest absolute Gasteiger partial charge is 0.273 e. The fraction of sp³-hybridized carbons (Fsp3) is 0.0556. The Balaban J connectivity index is 2.05. The molecule has 0 unspecified atom stereocenters. The Bertz CT molecular complexity index is 889. The van der Waals surface area contributed by atoms with Gasteiger partial charge in [-0.15, -0.1) is 0 Å². The number of nitrogens with zero attached hydrogens (tertiary/aromatic N) is 1. The van der Waals surface area contributed by atoms with Crippen molar-refractivity contribution in [2.24, 2.45) is 0 Å². The molecule has 24 heavy (non-hydrogen) atoms. The molecule has 5 nitrogen and oxygen atoms in total. The molecule has 120 valence electrons. The molecule has 0 bridgehead atoms. The van der Waals surface area contributed by atoms with Crippen LogP contribution in [0.4, 0.5) is 10.5 Å². The van der Waals surface area contributed by atoms with Crippen molar-refractivity contribution in [3.8, 4) is 0 Å². The van der Waals surface area contributed by atoms with E-state index in [1.807, 2.05) is 24.3 Å². The first-order valence-corrected chi connectivity index (χ1v) is 8.28. The van der Waals surface area contributed by atoms with E-state index in [1.54, 1.807) is 31.2 Å². The zero-order valence-corrected chi connectivity index (χ0v) is 14.9. The van der Waals surface area contributed by atoms with E-state index in [-0.39, 0.29) is 5.57 Å². The highest BCUT2D eigenvalue weighted by Gasteiger charge is 2.37. The molecule has 1 fully saturated rings. The maximum absolute atomic E-state index is 12.8.